The van der Waals surface area contributed by atoms with Crippen molar-refractivity contribution < 1.29 is 19.1 Å². The van der Waals surface area contributed by atoms with Crippen LogP contribution in [0.4, 0.5) is 4.79 Å². The molecule has 0 spiro atoms. The Morgan fingerprint density at radius 3 is 2.11 bits per heavy atom. The third kappa shape index (κ3) is 5.49. The predicted molar refractivity (Wildman–Crippen MR) is 73.8 cm³/mol. The number of hydrogen-bond donors (Lipinski definition) is 0. The van der Waals surface area contributed by atoms with E-state index in [1.165, 1.54) is 12.0 Å². The molecule has 0 heterocycles. The van der Waals surface area contributed by atoms with E-state index < -0.39 is 12.1 Å². The zero-order valence-electron chi connectivity index (χ0n) is 12.9. The number of esters is 1. The van der Waals surface area contributed by atoms with Gasteiger partial charge in [-0.1, -0.05) is 34.1 Å². The van der Waals surface area contributed by atoms with E-state index in [9.17, 15) is 9.59 Å². The van der Waals surface area contributed by atoms with Crippen LogP contribution < -0.4 is 0 Å². The fourth-order valence-electron chi connectivity index (χ4n) is 1.93. The molecule has 0 aliphatic carbocycles. The van der Waals surface area contributed by atoms with Crippen LogP contribution in [0, 0.1) is 11.8 Å². The fraction of sp³-hybridized carbons (Fsp3) is 0.857. The van der Waals surface area contributed by atoms with Gasteiger partial charge in [-0.05, 0) is 18.8 Å². The van der Waals surface area contributed by atoms with Crippen LogP contribution in [0.1, 0.15) is 41.0 Å². The molecule has 0 N–H and O–H groups in total. The van der Waals surface area contributed by atoms with Crippen molar-refractivity contribution in [3.63, 3.8) is 0 Å². The van der Waals surface area contributed by atoms with Crippen LogP contribution in [-0.2, 0) is 14.3 Å². The SMILES string of the molecule is CCOC(=O)C(C(C)CC)N(CC(C)C)C(=O)OC. The molecule has 0 aromatic rings. The largest absolute Gasteiger partial charge is 0.464 e. The number of ether oxygens (including phenoxy) is 2. The second-order valence-electron chi connectivity index (χ2n) is 5.10. The van der Waals surface area contributed by atoms with Crippen LogP contribution in [0.5, 0.6) is 0 Å². The smallest absolute Gasteiger partial charge is 0.410 e. The Morgan fingerprint density at radius 2 is 1.74 bits per heavy atom. The summed E-state index contributed by atoms with van der Waals surface area (Å²) in [5, 5.41) is 0. The highest BCUT2D eigenvalue weighted by Crippen LogP contribution is 2.19. The highest BCUT2D eigenvalue weighted by Gasteiger charge is 2.35. The minimum atomic E-state index is -0.584. The van der Waals surface area contributed by atoms with Crippen LogP contribution in [-0.4, -0.2) is 43.3 Å². The number of carbonyl (C=O) groups is 2. The molecule has 1 amide bonds. The zero-order valence-corrected chi connectivity index (χ0v) is 12.9. The molecule has 0 aliphatic rings. The van der Waals surface area contributed by atoms with Crippen molar-refractivity contribution in [1.82, 2.24) is 4.90 Å². The summed E-state index contributed by atoms with van der Waals surface area (Å²) in [5.74, 6) is -0.0834. The highest BCUT2D eigenvalue weighted by molar-refractivity contribution is 5.81. The molecular weight excluding hydrogens is 246 g/mol. The normalized spacial score (nSPS) is 13.8. The molecule has 0 rings (SSSR count). The summed E-state index contributed by atoms with van der Waals surface area (Å²) in [4.78, 5) is 25.5. The molecular formula is C14H27NO4. The maximum atomic E-state index is 12.1. The van der Waals surface area contributed by atoms with E-state index in [-0.39, 0.29) is 17.8 Å². The fourth-order valence-corrected chi connectivity index (χ4v) is 1.93. The van der Waals surface area contributed by atoms with Gasteiger partial charge in [0.25, 0.3) is 0 Å². The summed E-state index contributed by atoms with van der Waals surface area (Å²) in [6, 6.07) is -0.584. The zero-order chi connectivity index (χ0) is 15.0. The topological polar surface area (TPSA) is 55.8 Å². The monoisotopic (exact) mass is 273 g/mol. The van der Waals surface area contributed by atoms with E-state index in [0.717, 1.165) is 6.42 Å². The van der Waals surface area contributed by atoms with Crippen LogP contribution in [0.15, 0.2) is 0 Å². The maximum absolute atomic E-state index is 12.1. The molecule has 0 aliphatic heterocycles. The van der Waals surface area contributed by atoms with Crippen molar-refractivity contribution in [3.05, 3.63) is 0 Å². The van der Waals surface area contributed by atoms with Gasteiger partial charge in [0.2, 0.25) is 0 Å². The van der Waals surface area contributed by atoms with Gasteiger partial charge in [0, 0.05) is 6.54 Å². The van der Waals surface area contributed by atoms with Gasteiger partial charge in [-0.25, -0.2) is 9.59 Å². The summed E-state index contributed by atoms with van der Waals surface area (Å²) in [5.41, 5.74) is 0. The Bertz CT molecular complexity index is 291. The average molecular weight is 273 g/mol. The molecule has 0 aromatic heterocycles. The molecule has 5 nitrogen and oxygen atoms in total. The van der Waals surface area contributed by atoms with Crippen molar-refractivity contribution >= 4 is 12.1 Å². The lowest BCUT2D eigenvalue weighted by Crippen LogP contribution is -2.50. The molecule has 112 valence electrons. The van der Waals surface area contributed by atoms with Crippen molar-refractivity contribution in [3.8, 4) is 0 Å². The summed E-state index contributed by atoms with van der Waals surface area (Å²) < 4.78 is 9.89. The third-order valence-corrected chi connectivity index (χ3v) is 3.02. The highest BCUT2D eigenvalue weighted by atomic mass is 16.6. The molecule has 2 atom stereocenters. The minimum Gasteiger partial charge on any atom is -0.464 e. The lowest BCUT2D eigenvalue weighted by Gasteiger charge is -2.33. The molecule has 2 unspecified atom stereocenters. The number of hydrogen-bond acceptors (Lipinski definition) is 4. The van der Waals surface area contributed by atoms with E-state index in [4.69, 9.17) is 9.47 Å². The average Bonchev–Trinajstić information content (AvgIpc) is 2.36. The first kappa shape index (κ1) is 17.7. The Kier molecular flexibility index (Phi) is 8.19. The second-order valence-corrected chi connectivity index (χ2v) is 5.10. The van der Waals surface area contributed by atoms with E-state index in [2.05, 4.69) is 0 Å². The van der Waals surface area contributed by atoms with Crippen LogP contribution in [0.2, 0.25) is 0 Å². The standard InChI is InChI=1S/C14H27NO4/c1-7-11(5)12(13(16)19-8-2)15(9-10(3)4)14(17)18-6/h10-12H,7-9H2,1-6H3. The number of carbonyl (C=O) groups excluding carboxylic acids is 2. The van der Waals surface area contributed by atoms with Crippen LogP contribution in [0.3, 0.4) is 0 Å². The first-order chi connectivity index (χ1) is 8.88. The Morgan fingerprint density at radius 1 is 1.16 bits per heavy atom. The summed E-state index contributed by atoms with van der Waals surface area (Å²) in [6.07, 6.45) is 0.307. The van der Waals surface area contributed by atoms with Gasteiger partial charge in [-0.15, -0.1) is 0 Å². The minimum absolute atomic E-state index is 0.0249. The summed E-state index contributed by atoms with van der Waals surface area (Å²) >= 11 is 0. The third-order valence-electron chi connectivity index (χ3n) is 3.02. The summed E-state index contributed by atoms with van der Waals surface area (Å²) in [7, 11) is 1.33. The Balaban J connectivity index is 5.22. The second kappa shape index (κ2) is 8.77. The Labute approximate surface area is 116 Å². The molecule has 0 saturated heterocycles. The van der Waals surface area contributed by atoms with E-state index in [1.807, 2.05) is 27.7 Å². The predicted octanol–water partition coefficient (Wildman–Crippen LogP) is 2.69. The lowest BCUT2D eigenvalue weighted by atomic mass is 9.97. The van der Waals surface area contributed by atoms with Gasteiger partial charge in [0.1, 0.15) is 6.04 Å². The molecule has 0 saturated carbocycles. The van der Waals surface area contributed by atoms with Gasteiger partial charge in [-0.3, -0.25) is 4.90 Å². The molecule has 0 aromatic carbocycles. The molecule has 19 heavy (non-hydrogen) atoms. The number of rotatable bonds is 7. The number of methoxy groups -OCH3 is 1. The van der Waals surface area contributed by atoms with E-state index in [0.29, 0.717) is 13.2 Å². The van der Waals surface area contributed by atoms with Gasteiger partial charge in [0.15, 0.2) is 0 Å². The number of amides is 1. The first-order valence-electron chi connectivity index (χ1n) is 6.90. The number of nitrogens with zero attached hydrogens (tertiary/aromatic N) is 1. The first-order valence-corrected chi connectivity index (χ1v) is 6.90. The molecule has 0 radical (unpaired) electrons. The van der Waals surface area contributed by atoms with Gasteiger partial charge >= 0.3 is 12.1 Å². The molecule has 0 fully saturated rings. The van der Waals surface area contributed by atoms with Gasteiger partial charge in [0.05, 0.1) is 13.7 Å². The van der Waals surface area contributed by atoms with Crippen molar-refractivity contribution in [2.45, 2.75) is 47.1 Å². The van der Waals surface area contributed by atoms with Crippen molar-refractivity contribution in [1.29, 1.82) is 0 Å². The summed E-state index contributed by atoms with van der Waals surface area (Å²) in [6.45, 7) is 10.5. The maximum Gasteiger partial charge on any atom is 0.410 e. The molecule has 5 heteroatoms. The Hall–Kier alpha value is -1.26. The quantitative estimate of drug-likeness (QED) is 0.669. The van der Waals surface area contributed by atoms with E-state index >= 15 is 0 Å². The molecule has 0 bridgehead atoms. The van der Waals surface area contributed by atoms with Crippen LogP contribution in [0.25, 0.3) is 0 Å². The van der Waals surface area contributed by atoms with E-state index in [1.54, 1.807) is 6.92 Å². The van der Waals surface area contributed by atoms with Crippen molar-refractivity contribution in [2.75, 3.05) is 20.3 Å². The van der Waals surface area contributed by atoms with Crippen molar-refractivity contribution in [2.24, 2.45) is 11.8 Å². The van der Waals surface area contributed by atoms with Crippen LogP contribution >= 0.6 is 0 Å². The lowest BCUT2D eigenvalue weighted by molar-refractivity contribution is -0.151. The van der Waals surface area contributed by atoms with Gasteiger partial charge in [-0.2, -0.15) is 0 Å². The van der Waals surface area contributed by atoms with Gasteiger partial charge < -0.3 is 9.47 Å².